The second-order valence-corrected chi connectivity index (χ2v) is 4.83. The van der Waals surface area contributed by atoms with Gasteiger partial charge in [-0.05, 0) is 6.07 Å². The molecule has 2 aromatic rings. The minimum Gasteiger partial charge on any atom is -0.465 e. The Labute approximate surface area is 112 Å². The summed E-state index contributed by atoms with van der Waals surface area (Å²) < 4.78 is 10.0. The molecule has 0 bridgehead atoms. The van der Waals surface area contributed by atoms with E-state index in [2.05, 4.69) is 4.74 Å². The van der Waals surface area contributed by atoms with E-state index < -0.39 is 11.9 Å². The SMILES string of the molecule is COC(=O)c1sc2c(Cl)cccc2c1C(=O)OC. The van der Waals surface area contributed by atoms with Gasteiger partial charge in [0.05, 0.1) is 29.5 Å². The minimum absolute atomic E-state index is 0.201. The van der Waals surface area contributed by atoms with E-state index in [-0.39, 0.29) is 10.4 Å². The Kier molecular flexibility index (Phi) is 3.54. The first-order chi connectivity index (χ1) is 8.60. The molecule has 2 rings (SSSR count). The quantitative estimate of drug-likeness (QED) is 0.795. The third kappa shape index (κ3) is 1.95. The van der Waals surface area contributed by atoms with Crippen molar-refractivity contribution in [2.75, 3.05) is 14.2 Å². The van der Waals surface area contributed by atoms with Gasteiger partial charge in [0.1, 0.15) is 4.88 Å². The fourth-order valence-electron chi connectivity index (χ4n) is 1.63. The Morgan fingerprint density at radius 2 is 1.83 bits per heavy atom. The van der Waals surface area contributed by atoms with Crippen molar-refractivity contribution in [2.24, 2.45) is 0 Å². The van der Waals surface area contributed by atoms with Crippen LogP contribution < -0.4 is 0 Å². The van der Waals surface area contributed by atoms with E-state index in [1.807, 2.05) is 0 Å². The van der Waals surface area contributed by atoms with Gasteiger partial charge in [-0.25, -0.2) is 9.59 Å². The van der Waals surface area contributed by atoms with Crippen LogP contribution in [0.15, 0.2) is 18.2 Å². The van der Waals surface area contributed by atoms with E-state index in [1.165, 1.54) is 14.2 Å². The smallest absolute Gasteiger partial charge is 0.348 e. The number of carbonyl (C=O) groups is 2. The minimum atomic E-state index is -0.580. The molecule has 1 aromatic carbocycles. The summed E-state index contributed by atoms with van der Waals surface area (Å²) in [6.07, 6.45) is 0. The van der Waals surface area contributed by atoms with Crippen LogP contribution in [0.1, 0.15) is 20.0 Å². The molecular weight excluding hydrogens is 276 g/mol. The number of benzene rings is 1. The van der Waals surface area contributed by atoms with E-state index in [4.69, 9.17) is 16.3 Å². The fourth-order valence-corrected chi connectivity index (χ4v) is 3.03. The van der Waals surface area contributed by atoms with Crippen LogP contribution in [0.4, 0.5) is 0 Å². The lowest BCUT2D eigenvalue weighted by Crippen LogP contribution is -2.08. The van der Waals surface area contributed by atoms with E-state index in [1.54, 1.807) is 18.2 Å². The zero-order chi connectivity index (χ0) is 13.3. The molecule has 6 heteroatoms. The summed E-state index contributed by atoms with van der Waals surface area (Å²) in [7, 11) is 2.52. The van der Waals surface area contributed by atoms with E-state index in [0.29, 0.717) is 15.1 Å². The topological polar surface area (TPSA) is 52.6 Å². The molecular formula is C12H9ClO4S. The predicted molar refractivity (Wildman–Crippen MR) is 69.5 cm³/mol. The van der Waals surface area contributed by atoms with Gasteiger partial charge in [-0.15, -0.1) is 11.3 Å². The highest BCUT2D eigenvalue weighted by Gasteiger charge is 2.25. The molecule has 0 atom stereocenters. The summed E-state index contributed by atoms with van der Waals surface area (Å²) in [5, 5.41) is 1.08. The Balaban J connectivity index is 2.80. The summed E-state index contributed by atoms with van der Waals surface area (Å²) in [4.78, 5) is 23.6. The number of hydrogen-bond acceptors (Lipinski definition) is 5. The van der Waals surface area contributed by atoms with Gasteiger partial charge in [0.25, 0.3) is 0 Å². The molecule has 0 N–H and O–H groups in total. The highest BCUT2D eigenvalue weighted by atomic mass is 35.5. The second kappa shape index (κ2) is 4.96. The first-order valence-corrected chi connectivity index (χ1v) is 6.17. The Morgan fingerprint density at radius 1 is 1.17 bits per heavy atom. The summed E-state index contributed by atoms with van der Waals surface area (Å²) in [5.41, 5.74) is 0.201. The van der Waals surface area contributed by atoms with Crippen molar-refractivity contribution in [1.29, 1.82) is 0 Å². The second-order valence-electron chi connectivity index (χ2n) is 3.41. The van der Waals surface area contributed by atoms with Gasteiger partial charge >= 0.3 is 11.9 Å². The molecule has 0 saturated carbocycles. The van der Waals surface area contributed by atoms with Crippen molar-refractivity contribution in [1.82, 2.24) is 0 Å². The van der Waals surface area contributed by atoms with Crippen LogP contribution in [-0.4, -0.2) is 26.2 Å². The number of carbonyl (C=O) groups excluding carboxylic acids is 2. The molecule has 18 heavy (non-hydrogen) atoms. The van der Waals surface area contributed by atoms with Crippen LogP contribution in [0.25, 0.3) is 10.1 Å². The monoisotopic (exact) mass is 284 g/mol. The van der Waals surface area contributed by atoms with Crippen LogP contribution >= 0.6 is 22.9 Å². The van der Waals surface area contributed by atoms with Gasteiger partial charge in [-0.2, -0.15) is 0 Å². The average molecular weight is 285 g/mol. The summed E-state index contributed by atoms with van der Waals surface area (Å²) in [5.74, 6) is -1.16. The number of esters is 2. The first-order valence-electron chi connectivity index (χ1n) is 4.97. The van der Waals surface area contributed by atoms with Crippen LogP contribution in [0.5, 0.6) is 0 Å². The lowest BCUT2D eigenvalue weighted by molar-refractivity contribution is 0.0561. The zero-order valence-corrected chi connectivity index (χ0v) is 11.2. The maximum absolute atomic E-state index is 11.8. The molecule has 0 radical (unpaired) electrons. The molecule has 0 spiro atoms. The average Bonchev–Trinajstić information content (AvgIpc) is 2.77. The van der Waals surface area contributed by atoms with Crippen molar-refractivity contribution >= 4 is 45.0 Å². The molecule has 94 valence electrons. The third-order valence-corrected chi connectivity index (χ3v) is 4.07. The van der Waals surface area contributed by atoms with Crippen LogP contribution in [0.2, 0.25) is 5.02 Å². The Bertz CT molecular complexity index is 632. The molecule has 1 heterocycles. The van der Waals surface area contributed by atoms with E-state index in [9.17, 15) is 9.59 Å². The fraction of sp³-hybridized carbons (Fsp3) is 0.167. The number of methoxy groups -OCH3 is 2. The predicted octanol–water partition coefficient (Wildman–Crippen LogP) is 3.13. The van der Waals surface area contributed by atoms with Crippen molar-refractivity contribution < 1.29 is 19.1 Å². The Hall–Kier alpha value is -1.59. The van der Waals surface area contributed by atoms with Crippen molar-refractivity contribution in [3.63, 3.8) is 0 Å². The largest absolute Gasteiger partial charge is 0.465 e. The van der Waals surface area contributed by atoms with Crippen LogP contribution in [-0.2, 0) is 9.47 Å². The summed E-state index contributed by atoms with van der Waals surface area (Å²) >= 11 is 7.16. The summed E-state index contributed by atoms with van der Waals surface area (Å²) in [6, 6.07) is 5.13. The van der Waals surface area contributed by atoms with E-state index in [0.717, 1.165) is 11.3 Å². The zero-order valence-electron chi connectivity index (χ0n) is 9.65. The van der Waals surface area contributed by atoms with Gasteiger partial charge in [-0.3, -0.25) is 0 Å². The number of halogens is 1. The van der Waals surface area contributed by atoms with Gasteiger partial charge in [0.15, 0.2) is 0 Å². The van der Waals surface area contributed by atoms with Crippen molar-refractivity contribution in [3.8, 4) is 0 Å². The first kappa shape index (κ1) is 12.9. The number of ether oxygens (including phenoxy) is 2. The lowest BCUT2D eigenvalue weighted by Gasteiger charge is -2.01. The standard InChI is InChI=1S/C12H9ClO4S/c1-16-11(14)8-6-4-3-5-7(13)9(6)18-10(8)12(15)17-2/h3-5H,1-2H3. The van der Waals surface area contributed by atoms with Gasteiger partial charge < -0.3 is 9.47 Å². The molecule has 0 amide bonds. The third-order valence-electron chi connectivity index (χ3n) is 2.43. The van der Waals surface area contributed by atoms with E-state index >= 15 is 0 Å². The lowest BCUT2D eigenvalue weighted by atomic mass is 10.1. The van der Waals surface area contributed by atoms with Gasteiger partial charge in [0, 0.05) is 5.39 Å². The molecule has 0 aliphatic rings. The normalized spacial score (nSPS) is 10.4. The van der Waals surface area contributed by atoms with Gasteiger partial charge in [-0.1, -0.05) is 23.7 Å². The maximum Gasteiger partial charge on any atom is 0.348 e. The number of rotatable bonds is 2. The number of thiophene rings is 1. The van der Waals surface area contributed by atoms with Gasteiger partial charge in [0.2, 0.25) is 0 Å². The molecule has 1 aromatic heterocycles. The molecule has 0 aliphatic heterocycles. The highest BCUT2D eigenvalue weighted by molar-refractivity contribution is 7.21. The maximum atomic E-state index is 11.8. The van der Waals surface area contributed by atoms with Crippen LogP contribution in [0, 0.1) is 0 Å². The number of fused-ring (bicyclic) bond motifs is 1. The molecule has 4 nitrogen and oxygen atoms in total. The molecule has 0 aliphatic carbocycles. The molecule has 0 fully saturated rings. The van der Waals surface area contributed by atoms with Crippen molar-refractivity contribution in [3.05, 3.63) is 33.7 Å². The Morgan fingerprint density at radius 3 is 2.44 bits per heavy atom. The highest BCUT2D eigenvalue weighted by Crippen LogP contribution is 2.36. The van der Waals surface area contributed by atoms with Crippen LogP contribution in [0.3, 0.4) is 0 Å². The van der Waals surface area contributed by atoms with Crippen molar-refractivity contribution in [2.45, 2.75) is 0 Å². The molecule has 0 unspecified atom stereocenters. The summed E-state index contributed by atoms with van der Waals surface area (Å²) in [6.45, 7) is 0. The molecule has 0 saturated heterocycles. The number of hydrogen-bond donors (Lipinski definition) is 0.